The summed E-state index contributed by atoms with van der Waals surface area (Å²) in [7, 11) is -1.21. The zero-order chi connectivity index (χ0) is 32.3. The molecule has 0 unspecified atom stereocenters. The molecule has 0 N–H and O–H groups in total. The minimum Gasteiger partial charge on any atom is -0.407 e. The molecule has 0 radical (unpaired) electrons. The molecule has 3 aromatic rings. The van der Waals surface area contributed by atoms with Gasteiger partial charge in [0.1, 0.15) is 25.1 Å². The molecule has 0 bridgehead atoms. The van der Waals surface area contributed by atoms with Crippen molar-refractivity contribution in [1.29, 1.82) is 0 Å². The van der Waals surface area contributed by atoms with E-state index in [2.05, 4.69) is 69.3 Å². The predicted molar refractivity (Wildman–Crippen MR) is 179 cm³/mol. The van der Waals surface area contributed by atoms with Gasteiger partial charge in [-0.25, -0.2) is 0 Å². The maximum Gasteiger partial charge on any atom is 0.261 e. The Kier molecular flexibility index (Phi) is 12.5. The second-order valence-corrected chi connectivity index (χ2v) is 17.1. The summed E-state index contributed by atoms with van der Waals surface area (Å²) in [6.07, 6.45) is 2.10. The van der Waals surface area contributed by atoms with Crippen molar-refractivity contribution in [2.45, 2.75) is 76.8 Å². The first kappa shape index (κ1) is 34.9. The van der Waals surface area contributed by atoms with E-state index in [4.69, 9.17) is 28.1 Å². The highest BCUT2D eigenvalue weighted by Crippen LogP contribution is 2.37. The Morgan fingerprint density at radius 1 is 0.911 bits per heavy atom. The molecule has 0 saturated carbocycles. The van der Waals surface area contributed by atoms with Gasteiger partial charge in [0, 0.05) is 20.1 Å². The molecule has 3 atom stereocenters. The molecule has 1 heterocycles. The molecule has 0 aliphatic carbocycles. The van der Waals surface area contributed by atoms with Crippen molar-refractivity contribution in [3.8, 4) is 0 Å². The molecule has 1 fully saturated rings. The summed E-state index contributed by atoms with van der Waals surface area (Å²) >= 11 is 0. The number of ether oxygens (including phenoxy) is 5. The van der Waals surface area contributed by atoms with E-state index in [0.29, 0.717) is 26.2 Å². The van der Waals surface area contributed by atoms with Crippen molar-refractivity contribution in [1.82, 2.24) is 0 Å². The van der Waals surface area contributed by atoms with Crippen LogP contribution < -0.4 is 10.4 Å². The van der Waals surface area contributed by atoms with Gasteiger partial charge in [-0.15, -0.1) is 0 Å². The summed E-state index contributed by atoms with van der Waals surface area (Å²) in [5.74, 6) is -0.982. The lowest BCUT2D eigenvalue weighted by molar-refractivity contribution is -0.149. The third kappa shape index (κ3) is 9.30. The van der Waals surface area contributed by atoms with E-state index >= 15 is 0 Å². The SMILES string of the molecule is COCO[C@@H](CCO[Si](c1ccccc1)(c1ccccc1)C(C)(C)C)C(=O)/C=C/[C@@H]1OC(C)(C)O[C@H]1COCc1ccccc1. The van der Waals surface area contributed by atoms with Crippen molar-refractivity contribution in [3.63, 3.8) is 0 Å². The zero-order valence-electron chi connectivity index (χ0n) is 27.4. The minimum absolute atomic E-state index is 0.00448. The van der Waals surface area contributed by atoms with Crippen molar-refractivity contribution in [3.05, 3.63) is 109 Å². The van der Waals surface area contributed by atoms with Gasteiger partial charge in [-0.2, -0.15) is 0 Å². The Hall–Kier alpha value is -2.95. The molecule has 3 aromatic carbocycles. The van der Waals surface area contributed by atoms with Crippen LogP contribution in [-0.4, -0.2) is 65.3 Å². The highest BCUT2D eigenvalue weighted by molar-refractivity contribution is 6.99. The lowest BCUT2D eigenvalue weighted by atomic mass is 10.1. The molecule has 45 heavy (non-hydrogen) atoms. The summed E-state index contributed by atoms with van der Waals surface area (Å²) in [6.45, 7) is 11.6. The van der Waals surface area contributed by atoms with Gasteiger partial charge in [-0.1, -0.05) is 112 Å². The molecule has 7 nitrogen and oxygen atoms in total. The van der Waals surface area contributed by atoms with Crippen LogP contribution >= 0.6 is 0 Å². The zero-order valence-corrected chi connectivity index (χ0v) is 28.4. The monoisotopic (exact) mass is 632 g/mol. The number of rotatable bonds is 16. The Morgan fingerprint density at radius 2 is 1.49 bits per heavy atom. The standard InChI is InChI=1S/C37H48O7Si/c1-36(2,3)45(30-18-12-8-13-19-30,31-20-14-9-15-21-31)42-25-24-33(41-28-39-6)32(38)22-23-34-35(44-37(4,5)43-34)27-40-26-29-16-10-7-11-17-29/h7-23,33-35H,24-28H2,1-6H3/b23-22+/t33-,34-,35-/m0/s1. The van der Waals surface area contributed by atoms with E-state index in [1.54, 1.807) is 13.2 Å². The van der Waals surface area contributed by atoms with E-state index in [9.17, 15) is 4.79 Å². The van der Waals surface area contributed by atoms with Gasteiger partial charge in [-0.3, -0.25) is 4.79 Å². The summed E-state index contributed by atoms with van der Waals surface area (Å²) in [6, 6.07) is 30.9. The van der Waals surface area contributed by atoms with Gasteiger partial charge in [-0.05, 0) is 47.0 Å². The average molecular weight is 633 g/mol. The molecule has 0 amide bonds. The van der Waals surface area contributed by atoms with Crippen LogP contribution in [0, 0.1) is 0 Å². The number of benzene rings is 3. The molecule has 0 spiro atoms. The van der Waals surface area contributed by atoms with Crippen LogP contribution in [0.25, 0.3) is 0 Å². The van der Waals surface area contributed by atoms with Crippen LogP contribution in [0.2, 0.25) is 5.04 Å². The van der Waals surface area contributed by atoms with Crippen LogP contribution in [0.15, 0.2) is 103 Å². The fourth-order valence-electron chi connectivity index (χ4n) is 5.86. The summed E-state index contributed by atoms with van der Waals surface area (Å²) in [5, 5.41) is 2.20. The lowest BCUT2D eigenvalue weighted by Gasteiger charge is -2.43. The molecular weight excluding hydrogens is 584 g/mol. The minimum atomic E-state index is -2.75. The van der Waals surface area contributed by atoms with Crippen molar-refractivity contribution in [2.24, 2.45) is 0 Å². The largest absolute Gasteiger partial charge is 0.407 e. The Labute approximate surface area is 269 Å². The lowest BCUT2D eigenvalue weighted by Crippen LogP contribution is -2.66. The van der Waals surface area contributed by atoms with Gasteiger partial charge in [0.05, 0.1) is 13.2 Å². The molecule has 8 heteroatoms. The van der Waals surface area contributed by atoms with E-state index in [1.165, 1.54) is 16.4 Å². The number of carbonyl (C=O) groups excluding carboxylic acids is 1. The van der Waals surface area contributed by atoms with Crippen LogP contribution in [0.1, 0.15) is 46.6 Å². The summed E-state index contributed by atoms with van der Waals surface area (Å²) < 4.78 is 36.2. The number of hydrogen-bond acceptors (Lipinski definition) is 7. The van der Waals surface area contributed by atoms with Gasteiger partial charge in [0.15, 0.2) is 11.6 Å². The van der Waals surface area contributed by atoms with Gasteiger partial charge >= 0.3 is 0 Å². The quantitative estimate of drug-likeness (QED) is 0.112. The Bertz CT molecular complexity index is 1300. The van der Waals surface area contributed by atoms with Crippen molar-refractivity contribution < 1.29 is 32.9 Å². The fraction of sp³-hybridized carbons (Fsp3) is 0.432. The van der Waals surface area contributed by atoms with Gasteiger partial charge in [0.2, 0.25) is 0 Å². The number of ketones is 1. The second kappa shape index (κ2) is 16.0. The molecule has 4 rings (SSSR count). The molecule has 1 saturated heterocycles. The van der Waals surface area contributed by atoms with Gasteiger partial charge < -0.3 is 28.1 Å². The topological polar surface area (TPSA) is 72.5 Å². The van der Waals surface area contributed by atoms with Crippen molar-refractivity contribution in [2.75, 3.05) is 27.1 Å². The first-order chi connectivity index (χ1) is 21.6. The number of hydrogen-bond donors (Lipinski definition) is 0. The van der Waals surface area contributed by atoms with E-state index in [-0.39, 0.29) is 23.7 Å². The normalized spacial score (nSPS) is 19.2. The first-order valence-corrected chi connectivity index (χ1v) is 17.5. The Morgan fingerprint density at radius 3 is 2.04 bits per heavy atom. The van der Waals surface area contributed by atoms with Crippen LogP contribution in [0.5, 0.6) is 0 Å². The summed E-state index contributed by atoms with van der Waals surface area (Å²) in [5.41, 5.74) is 1.08. The Balaban J connectivity index is 1.46. The maximum atomic E-state index is 13.5. The van der Waals surface area contributed by atoms with E-state index in [1.807, 2.05) is 56.3 Å². The molecule has 0 aromatic heterocycles. The van der Waals surface area contributed by atoms with E-state index in [0.717, 1.165) is 5.56 Å². The third-order valence-electron chi connectivity index (χ3n) is 7.89. The smallest absolute Gasteiger partial charge is 0.261 e. The molecular formula is C37H48O7Si. The highest BCUT2D eigenvalue weighted by atomic mass is 28.4. The first-order valence-electron chi connectivity index (χ1n) is 15.6. The highest BCUT2D eigenvalue weighted by Gasteiger charge is 2.50. The average Bonchev–Trinajstić information content (AvgIpc) is 3.33. The predicted octanol–water partition coefficient (Wildman–Crippen LogP) is 5.80. The van der Waals surface area contributed by atoms with Gasteiger partial charge in [0.25, 0.3) is 8.32 Å². The van der Waals surface area contributed by atoms with Crippen LogP contribution in [0.3, 0.4) is 0 Å². The van der Waals surface area contributed by atoms with Crippen molar-refractivity contribution >= 4 is 24.5 Å². The number of carbonyl (C=O) groups is 1. The molecule has 242 valence electrons. The third-order valence-corrected chi connectivity index (χ3v) is 12.9. The fourth-order valence-corrected chi connectivity index (χ4v) is 10.4. The second-order valence-electron chi connectivity index (χ2n) is 12.8. The van der Waals surface area contributed by atoms with Crippen LogP contribution in [-0.2, 0) is 39.5 Å². The van der Waals surface area contributed by atoms with E-state index < -0.39 is 26.3 Å². The molecule has 1 aliphatic heterocycles. The molecule has 1 aliphatic rings. The maximum absolute atomic E-state index is 13.5. The summed E-state index contributed by atoms with van der Waals surface area (Å²) in [4.78, 5) is 13.5. The van der Waals surface area contributed by atoms with Crippen LogP contribution in [0.4, 0.5) is 0 Å². The number of methoxy groups -OCH3 is 1.